The molecule has 1 aliphatic rings. The lowest BCUT2D eigenvalue weighted by molar-refractivity contribution is -0.386. The molecule has 1 heterocycles. The second kappa shape index (κ2) is 9.02. The number of hydrogen-bond acceptors (Lipinski definition) is 6. The Morgan fingerprint density at radius 1 is 1.29 bits per heavy atom. The Kier molecular flexibility index (Phi) is 6.23. The van der Waals surface area contributed by atoms with Crippen LogP contribution in [0.3, 0.4) is 0 Å². The van der Waals surface area contributed by atoms with Crippen LogP contribution in [0.25, 0.3) is 22.6 Å². The molecule has 0 radical (unpaired) electrons. The Morgan fingerprint density at radius 2 is 2.00 bits per heavy atom. The van der Waals surface area contributed by atoms with Gasteiger partial charge in [0.2, 0.25) is 5.75 Å². The molecule has 182 valence electrons. The first-order valence-electron chi connectivity index (χ1n) is 11.5. The highest BCUT2D eigenvalue weighted by Gasteiger charge is 2.36. The average Bonchev–Trinajstić information content (AvgIpc) is 2.83. The number of phenols is 1. The number of nitrogens with zero attached hydrogens (tertiary/aromatic N) is 2. The largest absolute Gasteiger partial charge is 0.500 e. The lowest BCUT2D eigenvalue weighted by Gasteiger charge is -2.38. The molecule has 0 saturated heterocycles. The highest BCUT2D eigenvalue weighted by molar-refractivity contribution is 6.06. The van der Waals surface area contributed by atoms with Gasteiger partial charge in [0.25, 0.3) is 0 Å². The number of carboxylic acids is 1. The molecule has 0 bridgehead atoms. The molecule has 0 spiro atoms. The first-order chi connectivity index (χ1) is 16.6. The summed E-state index contributed by atoms with van der Waals surface area (Å²) < 4.78 is 5.16. The number of ether oxygens (including phenoxy) is 1. The van der Waals surface area contributed by atoms with Crippen LogP contribution in [0.15, 0.2) is 36.4 Å². The number of pyridine rings is 1. The molecule has 2 N–H and O–H groups in total. The summed E-state index contributed by atoms with van der Waals surface area (Å²) in [6.07, 6.45) is 3.91. The van der Waals surface area contributed by atoms with Crippen LogP contribution >= 0.6 is 0 Å². The Labute approximate surface area is 203 Å². The third kappa shape index (κ3) is 4.32. The van der Waals surface area contributed by atoms with E-state index in [4.69, 9.17) is 9.72 Å². The quantitative estimate of drug-likeness (QED) is 0.326. The van der Waals surface area contributed by atoms with E-state index in [-0.39, 0.29) is 22.6 Å². The average molecular weight is 477 g/mol. The molecule has 0 aliphatic heterocycles. The molecule has 8 heteroatoms. The van der Waals surface area contributed by atoms with Crippen molar-refractivity contribution in [3.8, 4) is 11.5 Å². The highest BCUT2D eigenvalue weighted by atomic mass is 16.6. The van der Waals surface area contributed by atoms with E-state index in [2.05, 4.69) is 20.8 Å². The van der Waals surface area contributed by atoms with Gasteiger partial charge in [-0.2, -0.15) is 0 Å². The van der Waals surface area contributed by atoms with Crippen LogP contribution in [-0.4, -0.2) is 33.2 Å². The SMILES string of the molecule is CCC(C)(C)C1C/C(=C\c2cc(OC)c(O)c([N+](=O)[O-])c2)c2nc3ccccc3c(C(=O)O)c2C1. The maximum atomic E-state index is 12.5. The maximum absolute atomic E-state index is 12.5. The highest BCUT2D eigenvalue weighted by Crippen LogP contribution is 2.47. The number of carbonyl (C=O) groups is 1. The van der Waals surface area contributed by atoms with Crippen LogP contribution in [0, 0.1) is 21.4 Å². The molecular weight excluding hydrogens is 448 g/mol. The normalized spacial score (nSPS) is 16.8. The molecule has 0 saturated carbocycles. The molecule has 1 aromatic heterocycles. The van der Waals surface area contributed by atoms with Gasteiger partial charge in [-0.3, -0.25) is 10.1 Å². The van der Waals surface area contributed by atoms with Crippen LogP contribution in [-0.2, 0) is 6.42 Å². The Hall–Kier alpha value is -3.94. The van der Waals surface area contributed by atoms with E-state index in [0.717, 1.165) is 12.0 Å². The number of phenolic OH excluding ortho intramolecular Hbond substituents is 1. The van der Waals surface area contributed by atoms with E-state index in [1.807, 2.05) is 6.07 Å². The van der Waals surface area contributed by atoms with Crippen LogP contribution in [0.2, 0.25) is 0 Å². The number of rotatable bonds is 6. The zero-order valence-electron chi connectivity index (χ0n) is 20.2. The summed E-state index contributed by atoms with van der Waals surface area (Å²) in [6, 6.07) is 10.0. The number of methoxy groups -OCH3 is 1. The molecule has 35 heavy (non-hydrogen) atoms. The van der Waals surface area contributed by atoms with Gasteiger partial charge in [0.15, 0.2) is 5.75 Å². The summed E-state index contributed by atoms with van der Waals surface area (Å²) in [4.78, 5) is 28.2. The third-order valence-electron chi connectivity index (χ3n) is 7.28. The van der Waals surface area contributed by atoms with E-state index in [1.165, 1.54) is 19.2 Å². The number of hydrogen-bond donors (Lipinski definition) is 2. The van der Waals surface area contributed by atoms with Crippen LogP contribution in [0.1, 0.15) is 60.8 Å². The topological polar surface area (TPSA) is 123 Å². The van der Waals surface area contributed by atoms with Crippen LogP contribution in [0.5, 0.6) is 11.5 Å². The van der Waals surface area contributed by atoms with Gasteiger partial charge in [-0.1, -0.05) is 45.4 Å². The fourth-order valence-electron chi connectivity index (χ4n) is 4.80. The molecule has 8 nitrogen and oxygen atoms in total. The number of carboxylic acid groups (broad SMARTS) is 1. The van der Waals surface area contributed by atoms with E-state index >= 15 is 0 Å². The molecule has 1 atom stereocenters. The van der Waals surface area contributed by atoms with Gasteiger partial charge in [0.1, 0.15) is 0 Å². The molecular formula is C27H28N2O6. The number of nitro groups is 1. The molecule has 4 rings (SSSR count). The second-order valence-electron chi connectivity index (χ2n) is 9.60. The summed E-state index contributed by atoms with van der Waals surface area (Å²) in [7, 11) is 1.33. The van der Waals surface area contributed by atoms with Crippen LogP contribution in [0.4, 0.5) is 5.69 Å². The van der Waals surface area contributed by atoms with Gasteiger partial charge in [0.05, 0.1) is 28.8 Å². The number of benzene rings is 2. The van der Waals surface area contributed by atoms with Crippen LogP contribution < -0.4 is 4.74 Å². The van der Waals surface area contributed by atoms with Gasteiger partial charge in [-0.05, 0) is 59.1 Å². The minimum absolute atomic E-state index is 0.00906. The first-order valence-corrected chi connectivity index (χ1v) is 11.5. The Morgan fingerprint density at radius 3 is 2.63 bits per heavy atom. The van der Waals surface area contributed by atoms with Crippen molar-refractivity contribution in [3.05, 3.63) is 68.9 Å². The van der Waals surface area contributed by atoms with Crippen molar-refractivity contribution < 1.29 is 24.7 Å². The number of aromatic carboxylic acids is 1. The number of aromatic hydroxyl groups is 1. The summed E-state index contributed by atoms with van der Waals surface area (Å²) >= 11 is 0. The number of fused-ring (bicyclic) bond motifs is 2. The molecule has 0 fully saturated rings. The lowest BCUT2D eigenvalue weighted by Crippen LogP contribution is -2.30. The van der Waals surface area contributed by atoms with E-state index in [9.17, 15) is 25.1 Å². The van der Waals surface area contributed by atoms with Gasteiger partial charge < -0.3 is 14.9 Å². The minimum atomic E-state index is -1.00. The van der Waals surface area contributed by atoms with Crippen molar-refractivity contribution in [2.75, 3.05) is 7.11 Å². The third-order valence-corrected chi connectivity index (χ3v) is 7.28. The fraction of sp³-hybridized carbons (Fsp3) is 0.333. The number of nitro benzene ring substituents is 1. The monoisotopic (exact) mass is 476 g/mol. The molecule has 1 unspecified atom stereocenters. The molecule has 0 amide bonds. The zero-order valence-corrected chi connectivity index (χ0v) is 20.2. The van der Waals surface area contributed by atoms with Gasteiger partial charge in [-0.25, -0.2) is 9.78 Å². The second-order valence-corrected chi connectivity index (χ2v) is 9.60. The molecule has 2 aromatic carbocycles. The van der Waals surface area contributed by atoms with Crippen molar-refractivity contribution in [2.24, 2.45) is 11.3 Å². The van der Waals surface area contributed by atoms with Gasteiger partial charge >= 0.3 is 11.7 Å². The van der Waals surface area contributed by atoms with Gasteiger partial charge in [0, 0.05) is 11.5 Å². The van der Waals surface area contributed by atoms with Crippen molar-refractivity contribution in [2.45, 2.75) is 40.0 Å². The first kappa shape index (κ1) is 24.2. The van der Waals surface area contributed by atoms with E-state index in [1.54, 1.807) is 24.3 Å². The Bertz CT molecular complexity index is 1380. The van der Waals surface area contributed by atoms with Crippen molar-refractivity contribution in [1.29, 1.82) is 0 Å². The molecule has 1 aliphatic carbocycles. The molecule has 3 aromatic rings. The van der Waals surface area contributed by atoms with E-state index < -0.39 is 22.3 Å². The zero-order chi connectivity index (χ0) is 25.5. The summed E-state index contributed by atoms with van der Waals surface area (Å²) in [5.74, 6) is -1.41. The number of para-hydroxylation sites is 1. The minimum Gasteiger partial charge on any atom is -0.500 e. The van der Waals surface area contributed by atoms with Crippen molar-refractivity contribution in [1.82, 2.24) is 4.98 Å². The van der Waals surface area contributed by atoms with Crippen molar-refractivity contribution in [3.63, 3.8) is 0 Å². The predicted molar refractivity (Wildman–Crippen MR) is 134 cm³/mol. The summed E-state index contributed by atoms with van der Waals surface area (Å²) in [5.41, 5.74) is 2.84. The smallest absolute Gasteiger partial charge is 0.336 e. The van der Waals surface area contributed by atoms with Gasteiger partial charge in [-0.15, -0.1) is 0 Å². The number of aromatic nitrogens is 1. The number of allylic oxidation sites excluding steroid dienone is 1. The standard InChI is InChI=1S/C27H28N2O6/c1-5-27(2,3)17-13-16(10-15-11-21(29(33)34)25(30)22(12-15)35-4)24-19(14-17)23(26(31)32)18-8-6-7-9-20(18)28-24/h6-12,17,30H,5,13-14H2,1-4H3,(H,31,32)/b16-10+. The Balaban J connectivity index is 2.01. The predicted octanol–water partition coefficient (Wildman–Crippen LogP) is 6.09. The fourth-order valence-corrected chi connectivity index (χ4v) is 4.80. The maximum Gasteiger partial charge on any atom is 0.336 e. The summed E-state index contributed by atoms with van der Waals surface area (Å²) in [6.45, 7) is 6.46. The lowest BCUT2D eigenvalue weighted by atomic mass is 9.67. The van der Waals surface area contributed by atoms with Crippen molar-refractivity contribution >= 4 is 34.2 Å². The van der Waals surface area contributed by atoms with E-state index in [0.29, 0.717) is 40.6 Å². The summed E-state index contributed by atoms with van der Waals surface area (Å²) in [5, 5.41) is 32.5.